The summed E-state index contributed by atoms with van der Waals surface area (Å²) in [5, 5.41) is 5.36. The van der Waals surface area contributed by atoms with Gasteiger partial charge < -0.3 is 25.2 Å². The molecule has 264 valence electrons. The number of hydrogen-bond acceptors (Lipinski definition) is 7. The Balaban J connectivity index is 0.976. The van der Waals surface area contributed by atoms with Crippen LogP contribution in [-0.4, -0.2) is 55.6 Å². The number of anilines is 4. The molecule has 0 aliphatic carbocycles. The van der Waals surface area contributed by atoms with Crippen LogP contribution in [0.5, 0.6) is 0 Å². The van der Waals surface area contributed by atoms with Crippen molar-refractivity contribution in [1.82, 2.24) is 4.98 Å². The van der Waals surface area contributed by atoms with E-state index in [9.17, 15) is 23.2 Å². The van der Waals surface area contributed by atoms with Crippen LogP contribution in [-0.2, 0) is 11.2 Å². The van der Waals surface area contributed by atoms with Crippen molar-refractivity contribution in [2.24, 2.45) is 5.41 Å². The van der Waals surface area contributed by atoms with Crippen molar-refractivity contribution in [2.75, 3.05) is 53.3 Å². The Morgan fingerprint density at radius 1 is 0.885 bits per heavy atom. The number of ether oxygens (including phenoxy) is 1. The lowest BCUT2D eigenvalue weighted by atomic mass is 9.73. The fourth-order valence-corrected chi connectivity index (χ4v) is 8.42. The highest BCUT2D eigenvalue weighted by Crippen LogP contribution is 2.44. The van der Waals surface area contributed by atoms with Crippen LogP contribution >= 0.6 is 11.3 Å². The van der Waals surface area contributed by atoms with Gasteiger partial charge in [0.05, 0.1) is 16.1 Å². The Hall–Kier alpha value is -5.46. The minimum absolute atomic E-state index is 0.210. The summed E-state index contributed by atoms with van der Waals surface area (Å²) in [6, 6.07) is 21.3. The first kappa shape index (κ1) is 33.7. The lowest BCUT2D eigenvalue weighted by molar-refractivity contribution is -0.000511. The molecule has 3 aliphatic heterocycles. The van der Waals surface area contributed by atoms with Crippen molar-refractivity contribution in [3.63, 3.8) is 0 Å². The summed E-state index contributed by atoms with van der Waals surface area (Å²) in [5.41, 5.74) is 4.46. The Kier molecular flexibility index (Phi) is 8.80. The number of para-hydroxylation sites is 2. The zero-order valence-electron chi connectivity index (χ0n) is 28.4. The minimum Gasteiger partial charge on any atom is -0.381 e. The second-order valence-electron chi connectivity index (χ2n) is 13.6. The molecule has 0 unspecified atom stereocenters. The van der Waals surface area contributed by atoms with E-state index in [-0.39, 0.29) is 17.2 Å². The van der Waals surface area contributed by atoms with Crippen molar-refractivity contribution in [3.05, 3.63) is 124 Å². The van der Waals surface area contributed by atoms with E-state index in [0.29, 0.717) is 46.2 Å². The summed E-state index contributed by atoms with van der Waals surface area (Å²) in [4.78, 5) is 50.3. The van der Waals surface area contributed by atoms with Crippen LogP contribution in [0.1, 0.15) is 54.4 Å². The van der Waals surface area contributed by atoms with E-state index in [0.717, 1.165) is 72.8 Å². The Bertz CT molecular complexity index is 2190. The number of amides is 3. The number of carbonyl (C=O) groups is 3. The van der Waals surface area contributed by atoms with Crippen molar-refractivity contribution in [3.8, 4) is 10.4 Å². The second kappa shape index (κ2) is 13.6. The largest absolute Gasteiger partial charge is 0.381 e. The number of benzene rings is 3. The molecule has 8 rings (SSSR count). The van der Waals surface area contributed by atoms with Gasteiger partial charge in [-0.2, -0.15) is 0 Å². The van der Waals surface area contributed by atoms with Gasteiger partial charge in [-0.15, -0.1) is 11.3 Å². The molecule has 0 saturated carbocycles. The number of thiophene rings is 1. The molecule has 3 amide bonds. The number of aryl methyl sites for hydroxylation is 1. The smallest absolute Gasteiger partial charge is 0.265 e. The number of carbonyl (C=O) groups excluding carboxylic acids is 3. The maximum atomic E-state index is 14.2. The molecule has 0 atom stereocenters. The van der Waals surface area contributed by atoms with Gasteiger partial charge in [-0.1, -0.05) is 24.3 Å². The zero-order valence-corrected chi connectivity index (χ0v) is 29.2. The summed E-state index contributed by atoms with van der Waals surface area (Å²) in [6.07, 6.45) is 4.27. The van der Waals surface area contributed by atoms with Crippen molar-refractivity contribution >= 4 is 51.9 Å². The van der Waals surface area contributed by atoms with Gasteiger partial charge in [-0.25, -0.2) is 13.8 Å². The molecule has 0 radical (unpaired) electrons. The zero-order chi connectivity index (χ0) is 36.0. The van der Waals surface area contributed by atoms with Crippen molar-refractivity contribution in [2.45, 2.75) is 26.2 Å². The van der Waals surface area contributed by atoms with E-state index >= 15 is 0 Å². The molecule has 0 bridgehead atoms. The number of nitrogens with zero attached hydrogens (tertiary/aromatic N) is 3. The number of halogens is 2. The van der Waals surface area contributed by atoms with E-state index in [1.165, 1.54) is 17.4 Å². The SMILES string of the molecule is Cc1cnc(N2CC3(CCOCC3)C2)c(C(=O)Nc2ccc(C(=O)N3CCc4cc(C(=O)Nc5c(F)cccc5F)sc4-c4ccccc43)cc2)c1. The summed E-state index contributed by atoms with van der Waals surface area (Å²) in [5.74, 6) is -2.13. The third kappa shape index (κ3) is 6.33. The number of nitrogens with one attached hydrogen (secondary N) is 2. The van der Waals surface area contributed by atoms with E-state index in [1.54, 1.807) is 41.4 Å². The lowest BCUT2D eigenvalue weighted by Gasteiger charge is -2.53. The van der Waals surface area contributed by atoms with Crippen LogP contribution in [0.2, 0.25) is 0 Å². The summed E-state index contributed by atoms with van der Waals surface area (Å²) in [6.45, 7) is 5.50. The molecule has 5 aromatic rings. The van der Waals surface area contributed by atoms with Crippen LogP contribution in [0, 0.1) is 24.0 Å². The summed E-state index contributed by atoms with van der Waals surface area (Å²) in [7, 11) is 0. The first-order valence-electron chi connectivity index (χ1n) is 17.2. The fraction of sp³-hybridized carbons (Fsp3) is 0.250. The third-order valence-electron chi connectivity index (χ3n) is 10.1. The number of aromatic nitrogens is 1. The van der Waals surface area contributed by atoms with Gasteiger partial charge in [-0.3, -0.25) is 14.4 Å². The molecule has 1 spiro atoms. The molecule has 2 aromatic heterocycles. The first-order chi connectivity index (χ1) is 25.2. The summed E-state index contributed by atoms with van der Waals surface area (Å²) >= 11 is 1.21. The predicted octanol–water partition coefficient (Wildman–Crippen LogP) is 7.72. The molecular formula is C40H35F2N5O4S. The number of pyridine rings is 1. The fourth-order valence-electron chi connectivity index (χ4n) is 7.28. The van der Waals surface area contributed by atoms with Crippen molar-refractivity contribution in [1.29, 1.82) is 0 Å². The molecule has 2 N–H and O–H groups in total. The molecule has 9 nitrogen and oxygen atoms in total. The molecular weight excluding hydrogens is 685 g/mol. The molecule has 3 aliphatic rings. The van der Waals surface area contributed by atoms with Gasteiger partial charge in [0, 0.05) is 66.2 Å². The quantitative estimate of drug-likeness (QED) is 0.186. The standard InChI is InChI=1S/C40H35F2N5O4S/c1-24-19-29(36(43-21-24)46-22-40(23-46)14-17-51-18-15-40)37(48)44-27-11-9-25(10-12-27)39(50)47-16-13-26-20-33(52-35(26)28-5-2-3-8-32(28)47)38(49)45-34-30(41)6-4-7-31(34)42/h2-12,19-21H,13-18,22-23H2,1H3,(H,44,48)(H,45,49). The average molecular weight is 720 g/mol. The Labute approximate surface area is 303 Å². The van der Waals surface area contributed by atoms with Crippen molar-refractivity contribution < 1.29 is 27.9 Å². The van der Waals surface area contributed by atoms with Gasteiger partial charge >= 0.3 is 0 Å². The first-order valence-corrected chi connectivity index (χ1v) is 18.0. The van der Waals surface area contributed by atoms with Gasteiger partial charge in [-0.05, 0) is 91.9 Å². The van der Waals surface area contributed by atoms with Crippen LogP contribution in [0.4, 0.5) is 31.7 Å². The molecule has 52 heavy (non-hydrogen) atoms. The lowest BCUT2D eigenvalue weighted by Crippen LogP contribution is -2.59. The summed E-state index contributed by atoms with van der Waals surface area (Å²) < 4.78 is 34.0. The Morgan fingerprint density at radius 3 is 2.37 bits per heavy atom. The molecule has 2 saturated heterocycles. The topological polar surface area (TPSA) is 104 Å². The van der Waals surface area contributed by atoms with Gasteiger partial charge in [0.2, 0.25) is 0 Å². The van der Waals surface area contributed by atoms with Gasteiger partial charge in [0.15, 0.2) is 0 Å². The van der Waals surface area contributed by atoms with E-state index in [1.807, 2.05) is 37.3 Å². The van der Waals surface area contributed by atoms with E-state index in [4.69, 9.17) is 4.74 Å². The van der Waals surface area contributed by atoms with Crippen LogP contribution < -0.4 is 20.4 Å². The predicted molar refractivity (Wildman–Crippen MR) is 198 cm³/mol. The van der Waals surface area contributed by atoms with Gasteiger partial charge in [0.1, 0.15) is 23.1 Å². The number of fused-ring (bicyclic) bond motifs is 3. The maximum Gasteiger partial charge on any atom is 0.265 e. The highest BCUT2D eigenvalue weighted by atomic mass is 32.1. The Morgan fingerprint density at radius 2 is 1.62 bits per heavy atom. The minimum atomic E-state index is -0.857. The maximum absolute atomic E-state index is 14.2. The van der Waals surface area contributed by atoms with Crippen LogP contribution in [0.25, 0.3) is 10.4 Å². The molecule has 5 heterocycles. The molecule has 3 aromatic carbocycles. The second-order valence-corrected chi connectivity index (χ2v) is 14.7. The normalized spacial score (nSPS) is 16.0. The van der Waals surface area contributed by atoms with E-state index in [2.05, 4.69) is 20.5 Å². The van der Waals surface area contributed by atoms with Gasteiger partial charge in [0.25, 0.3) is 17.7 Å². The van der Waals surface area contributed by atoms with E-state index < -0.39 is 23.2 Å². The molecule has 12 heteroatoms. The number of hydrogen-bond donors (Lipinski definition) is 2. The highest BCUT2D eigenvalue weighted by Gasteiger charge is 2.45. The molecule has 2 fully saturated rings. The monoisotopic (exact) mass is 719 g/mol. The van der Waals surface area contributed by atoms with Crippen LogP contribution in [0.3, 0.4) is 0 Å². The third-order valence-corrected chi connectivity index (χ3v) is 11.3. The average Bonchev–Trinajstić information content (AvgIpc) is 3.51. The number of rotatable bonds is 6. The highest BCUT2D eigenvalue weighted by molar-refractivity contribution is 7.17. The van der Waals surface area contributed by atoms with Crippen LogP contribution in [0.15, 0.2) is 85.1 Å².